The lowest BCUT2D eigenvalue weighted by Crippen LogP contribution is -2.49. The predicted molar refractivity (Wildman–Crippen MR) is 206 cm³/mol. The molecule has 2 aromatic carbocycles. The molecule has 0 radical (unpaired) electrons. The van der Waals surface area contributed by atoms with E-state index < -0.39 is 23.6 Å². The summed E-state index contributed by atoms with van der Waals surface area (Å²) in [5.41, 5.74) is 5.14. The number of amides is 3. The minimum Gasteiger partial charge on any atom is -0.432 e. The zero-order valence-electron chi connectivity index (χ0n) is 30.8. The molecule has 5 aromatic rings. The number of halogens is 2. The molecule has 0 spiro atoms. The Morgan fingerprint density at radius 3 is 2.41 bits per heavy atom. The average Bonchev–Trinajstić information content (AvgIpc) is 3.54. The van der Waals surface area contributed by atoms with Crippen LogP contribution in [0.15, 0.2) is 78.1 Å². The molecule has 3 amide bonds. The first-order valence-electron chi connectivity index (χ1n) is 18.7. The second-order valence-corrected chi connectivity index (χ2v) is 15.8. The number of nitrogens with one attached hydrogen (secondary N) is 2. The summed E-state index contributed by atoms with van der Waals surface area (Å²) in [5, 5.41) is 11.1. The fraction of sp³-hybridized carbons (Fsp3) is 0.385. The molecule has 0 bridgehead atoms. The third kappa shape index (κ3) is 8.39. The summed E-state index contributed by atoms with van der Waals surface area (Å²) in [7, 11) is 0.549. The molecular formula is C39H42F2N10O4S. The number of aromatic nitrogens is 5. The molecular weight excluding hydrogens is 743 g/mol. The minimum atomic E-state index is -2.93. The van der Waals surface area contributed by atoms with Gasteiger partial charge in [-0.2, -0.15) is 13.9 Å². The molecule has 3 aliphatic heterocycles. The summed E-state index contributed by atoms with van der Waals surface area (Å²) in [4.78, 5) is 41.7. The molecule has 3 aromatic heterocycles. The molecule has 1 atom stereocenters. The fourth-order valence-electron chi connectivity index (χ4n) is 7.65. The highest BCUT2D eigenvalue weighted by molar-refractivity contribution is 7.82. The van der Waals surface area contributed by atoms with Crippen LogP contribution in [0.5, 0.6) is 5.75 Å². The van der Waals surface area contributed by atoms with Crippen LogP contribution in [0.25, 0.3) is 22.0 Å². The first-order chi connectivity index (χ1) is 27.2. The van der Waals surface area contributed by atoms with E-state index in [1.165, 1.54) is 22.9 Å². The number of piperidine rings is 2. The van der Waals surface area contributed by atoms with Crippen LogP contribution in [0.2, 0.25) is 0 Å². The highest BCUT2D eigenvalue weighted by Crippen LogP contribution is 2.34. The molecule has 14 nitrogen and oxygen atoms in total. The lowest BCUT2D eigenvalue weighted by molar-refractivity contribution is -0.120. The van der Waals surface area contributed by atoms with Crippen LogP contribution in [-0.4, -0.2) is 95.5 Å². The van der Waals surface area contributed by atoms with Gasteiger partial charge in [0, 0.05) is 62.8 Å². The van der Waals surface area contributed by atoms with E-state index in [0.29, 0.717) is 37.3 Å². The molecule has 8 rings (SSSR count). The second-order valence-electron chi connectivity index (χ2n) is 14.3. The van der Waals surface area contributed by atoms with E-state index in [1.54, 1.807) is 0 Å². The number of benzene rings is 2. The molecule has 292 valence electrons. The van der Waals surface area contributed by atoms with E-state index in [2.05, 4.69) is 59.6 Å². The van der Waals surface area contributed by atoms with Gasteiger partial charge in [0.2, 0.25) is 11.9 Å². The number of hydrogen-bond donors (Lipinski definition) is 2. The molecule has 0 aliphatic carbocycles. The standard InChI is InChI=1S/C39H42F2N10O4S/c1-48-34-20-27(6-8-33(34)36(47-48)51-18-13-35(52)46-39(51)53)25-9-14-49(15-10-25)24-30-7-5-28(21-42-30)26-3-2-4-32(19-26)56(54)50-16-11-29(12-17-50)45-38-43-22-31(23-44-38)55-37(40)41/h2-8,19-23,25,29,37H,9-18,24H2,1H3,(H,43,44,45)(H,46,52,53). The van der Waals surface area contributed by atoms with Gasteiger partial charge in [0.25, 0.3) is 0 Å². The van der Waals surface area contributed by atoms with E-state index in [1.807, 2.05) is 52.6 Å². The summed E-state index contributed by atoms with van der Waals surface area (Å²) in [6.07, 6.45) is 8.05. The fourth-order valence-corrected chi connectivity index (χ4v) is 8.92. The van der Waals surface area contributed by atoms with Crippen molar-refractivity contribution in [3.63, 3.8) is 0 Å². The molecule has 1 unspecified atom stereocenters. The average molecular weight is 785 g/mol. The molecule has 3 fully saturated rings. The van der Waals surface area contributed by atoms with Gasteiger partial charge in [-0.15, -0.1) is 0 Å². The molecule has 0 saturated carbocycles. The smallest absolute Gasteiger partial charge is 0.387 e. The summed E-state index contributed by atoms with van der Waals surface area (Å²) in [6.45, 7) is 1.27. The number of nitrogens with zero attached hydrogens (tertiary/aromatic N) is 8. The van der Waals surface area contributed by atoms with Crippen LogP contribution in [0.1, 0.15) is 49.3 Å². The van der Waals surface area contributed by atoms with Crippen LogP contribution < -0.4 is 20.3 Å². The Hall–Kier alpha value is -5.39. The zero-order chi connectivity index (χ0) is 38.8. The molecule has 3 aliphatic rings. The maximum atomic E-state index is 13.6. The van der Waals surface area contributed by atoms with Gasteiger partial charge in [-0.25, -0.2) is 23.3 Å². The Kier molecular flexibility index (Phi) is 11.0. The van der Waals surface area contributed by atoms with Gasteiger partial charge < -0.3 is 10.1 Å². The SMILES string of the molecule is Cn1nc(N2CCC(=O)NC2=O)c2ccc(C3CCN(Cc4ccc(-c5cccc(S(=O)N6CCC(Nc7ncc(OC(F)F)cn7)CC6)c5)cn4)CC3)cc21. The number of fused-ring (bicyclic) bond motifs is 1. The quantitative estimate of drug-likeness (QED) is 0.177. The first kappa shape index (κ1) is 37.5. The van der Waals surface area contributed by atoms with E-state index in [-0.39, 0.29) is 24.1 Å². The van der Waals surface area contributed by atoms with Gasteiger partial charge in [-0.05, 0) is 86.1 Å². The predicted octanol–water partition coefficient (Wildman–Crippen LogP) is 5.45. The minimum absolute atomic E-state index is 0.0667. The zero-order valence-corrected chi connectivity index (χ0v) is 31.6. The Bertz CT molecular complexity index is 2220. The lowest BCUT2D eigenvalue weighted by Gasteiger charge is -2.32. The Morgan fingerprint density at radius 1 is 0.911 bits per heavy atom. The first-order valence-corrected chi connectivity index (χ1v) is 19.8. The van der Waals surface area contributed by atoms with E-state index in [9.17, 15) is 22.6 Å². The number of imide groups is 1. The van der Waals surface area contributed by atoms with Crippen molar-refractivity contribution in [2.24, 2.45) is 7.05 Å². The van der Waals surface area contributed by atoms with Crippen molar-refractivity contribution >= 4 is 45.6 Å². The van der Waals surface area contributed by atoms with Crippen molar-refractivity contribution < 1.29 is 27.3 Å². The van der Waals surface area contributed by atoms with E-state index in [0.717, 1.165) is 77.9 Å². The van der Waals surface area contributed by atoms with E-state index >= 15 is 0 Å². The number of aryl methyl sites for hydroxylation is 1. The maximum Gasteiger partial charge on any atom is 0.387 e. The summed E-state index contributed by atoms with van der Waals surface area (Å²) in [5.74, 6) is 0.960. The Balaban J connectivity index is 0.823. The van der Waals surface area contributed by atoms with Gasteiger partial charge in [0.1, 0.15) is 11.0 Å². The molecule has 2 N–H and O–H groups in total. The van der Waals surface area contributed by atoms with Crippen molar-refractivity contribution in [1.29, 1.82) is 0 Å². The summed E-state index contributed by atoms with van der Waals surface area (Å²) < 4.78 is 46.5. The highest BCUT2D eigenvalue weighted by Gasteiger charge is 2.29. The van der Waals surface area contributed by atoms with Crippen LogP contribution in [0.4, 0.5) is 25.3 Å². The van der Waals surface area contributed by atoms with Crippen molar-refractivity contribution in [2.45, 2.75) is 62.1 Å². The number of carbonyl (C=O) groups is 2. The third-order valence-corrected chi connectivity index (χ3v) is 12.2. The number of carbonyl (C=O) groups excluding carboxylic acids is 2. The van der Waals surface area contributed by atoms with Gasteiger partial charge >= 0.3 is 12.6 Å². The van der Waals surface area contributed by atoms with Crippen LogP contribution >= 0.6 is 0 Å². The van der Waals surface area contributed by atoms with Gasteiger partial charge in [-0.3, -0.25) is 29.6 Å². The van der Waals surface area contributed by atoms with Gasteiger partial charge in [-0.1, -0.05) is 24.3 Å². The van der Waals surface area contributed by atoms with Crippen molar-refractivity contribution in [3.05, 3.63) is 84.4 Å². The maximum absolute atomic E-state index is 13.6. The number of hydrogen-bond acceptors (Lipinski definition) is 10. The lowest BCUT2D eigenvalue weighted by atomic mass is 9.89. The molecule has 3 saturated heterocycles. The van der Waals surface area contributed by atoms with E-state index in [4.69, 9.17) is 4.98 Å². The van der Waals surface area contributed by atoms with Crippen LogP contribution in [-0.2, 0) is 29.4 Å². The van der Waals surface area contributed by atoms with Crippen molar-refractivity contribution in [2.75, 3.05) is 42.9 Å². The number of ether oxygens (including phenoxy) is 1. The Morgan fingerprint density at radius 2 is 1.70 bits per heavy atom. The number of rotatable bonds is 11. The van der Waals surface area contributed by atoms with Gasteiger partial charge in [0.15, 0.2) is 11.6 Å². The van der Waals surface area contributed by atoms with Crippen molar-refractivity contribution in [3.8, 4) is 16.9 Å². The number of anilines is 2. The number of likely N-dealkylation sites (tertiary alicyclic amines) is 1. The molecule has 6 heterocycles. The van der Waals surface area contributed by atoms with Crippen LogP contribution in [0.3, 0.4) is 0 Å². The monoisotopic (exact) mass is 784 g/mol. The van der Waals surface area contributed by atoms with Gasteiger partial charge in [0.05, 0.1) is 28.5 Å². The Labute approximate surface area is 324 Å². The summed E-state index contributed by atoms with van der Waals surface area (Å²) >= 11 is 0. The number of urea groups is 1. The summed E-state index contributed by atoms with van der Waals surface area (Å²) in [6, 6.07) is 17.9. The highest BCUT2D eigenvalue weighted by atomic mass is 32.2. The molecule has 56 heavy (non-hydrogen) atoms. The van der Waals surface area contributed by atoms with Crippen molar-refractivity contribution in [1.82, 2.24) is 39.3 Å². The topological polar surface area (TPSA) is 151 Å². The number of pyridine rings is 1. The number of alkyl halides is 2. The third-order valence-electron chi connectivity index (χ3n) is 10.7. The normalized spacial score (nSPS) is 18.4. The largest absolute Gasteiger partial charge is 0.432 e. The van der Waals surface area contributed by atoms with Crippen LogP contribution in [0, 0.1) is 0 Å². The second kappa shape index (κ2) is 16.4. The molecule has 17 heteroatoms.